The van der Waals surface area contributed by atoms with Gasteiger partial charge in [-0.1, -0.05) is 6.92 Å². The molecule has 1 N–H and O–H groups in total. The second-order valence-electron chi connectivity index (χ2n) is 5.51. The van der Waals surface area contributed by atoms with E-state index in [2.05, 4.69) is 35.9 Å². The van der Waals surface area contributed by atoms with E-state index in [0.717, 1.165) is 12.1 Å². The van der Waals surface area contributed by atoms with Gasteiger partial charge in [-0.15, -0.1) is 0 Å². The van der Waals surface area contributed by atoms with Crippen LogP contribution in [0.4, 0.5) is 0 Å². The highest BCUT2D eigenvalue weighted by Gasteiger charge is 2.29. The molecule has 0 radical (unpaired) electrons. The van der Waals surface area contributed by atoms with Gasteiger partial charge >= 0.3 is 0 Å². The van der Waals surface area contributed by atoms with E-state index in [1.807, 2.05) is 0 Å². The molecule has 16 heavy (non-hydrogen) atoms. The maximum Gasteiger partial charge on any atom is 0.0195 e. The van der Waals surface area contributed by atoms with Crippen molar-refractivity contribution in [3.63, 3.8) is 0 Å². The Morgan fingerprint density at radius 1 is 1.25 bits per heavy atom. The summed E-state index contributed by atoms with van der Waals surface area (Å²) < 4.78 is 0. The summed E-state index contributed by atoms with van der Waals surface area (Å²) in [6.07, 6.45) is 2.67. The van der Waals surface area contributed by atoms with Crippen LogP contribution in [0.3, 0.4) is 0 Å². The highest BCUT2D eigenvalue weighted by Crippen LogP contribution is 2.19. The third-order valence-corrected chi connectivity index (χ3v) is 4.32. The maximum absolute atomic E-state index is 3.55. The fraction of sp³-hybridized carbons (Fsp3) is 1.00. The molecule has 0 aromatic rings. The lowest BCUT2D eigenvalue weighted by atomic mass is 9.97. The van der Waals surface area contributed by atoms with Gasteiger partial charge in [-0.2, -0.15) is 0 Å². The Kier molecular flexibility index (Phi) is 4.22. The molecular weight excluding hydrogens is 198 g/mol. The Morgan fingerprint density at radius 3 is 2.69 bits per heavy atom. The summed E-state index contributed by atoms with van der Waals surface area (Å²) in [5.74, 6) is 0. The number of hydrogen-bond donors (Lipinski definition) is 1. The first-order valence-electron chi connectivity index (χ1n) is 6.92. The number of piperidine rings is 1. The molecule has 0 aromatic heterocycles. The van der Waals surface area contributed by atoms with Crippen LogP contribution in [-0.2, 0) is 0 Å². The first-order valence-corrected chi connectivity index (χ1v) is 6.92. The van der Waals surface area contributed by atoms with E-state index in [-0.39, 0.29) is 0 Å². The molecule has 2 saturated heterocycles. The van der Waals surface area contributed by atoms with E-state index in [1.54, 1.807) is 0 Å². The summed E-state index contributed by atoms with van der Waals surface area (Å²) >= 11 is 0. The molecule has 0 saturated carbocycles. The molecule has 3 atom stereocenters. The molecule has 0 spiro atoms. The van der Waals surface area contributed by atoms with Crippen LogP contribution in [0.15, 0.2) is 0 Å². The van der Waals surface area contributed by atoms with E-state index in [9.17, 15) is 0 Å². The van der Waals surface area contributed by atoms with Crippen molar-refractivity contribution in [2.45, 2.75) is 51.7 Å². The van der Waals surface area contributed by atoms with Crippen molar-refractivity contribution in [2.75, 3.05) is 32.7 Å². The Bertz CT molecular complexity index is 219. The van der Waals surface area contributed by atoms with Crippen molar-refractivity contribution in [2.24, 2.45) is 0 Å². The van der Waals surface area contributed by atoms with Gasteiger partial charge in [-0.05, 0) is 39.8 Å². The van der Waals surface area contributed by atoms with Gasteiger partial charge in [0.25, 0.3) is 0 Å². The Morgan fingerprint density at radius 2 is 2.06 bits per heavy atom. The predicted octanol–water partition coefficient (Wildman–Crippen LogP) is 1.15. The third-order valence-electron chi connectivity index (χ3n) is 4.32. The van der Waals surface area contributed by atoms with E-state index in [4.69, 9.17) is 0 Å². The van der Waals surface area contributed by atoms with Gasteiger partial charge in [0.1, 0.15) is 0 Å². The lowest BCUT2D eigenvalue weighted by molar-refractivity contribution is 0.0438. The third kappa shape index (κ3) is 2.76. The molecule has 0 amide bonds. The fourth-order valence-corrected chi connectivity index (χ4v) is 3.26. The summed E-state index contributed by atoms with van der Waals surface area (Å²) in [6, 6.07) is 2.28. The van der Waals surface area contributed by atoms with Gasteiger partial charge < -0.3 is 5.32 Å². The van der Waals surface area contributed by atoms with E-state index in [1.165, 1.54) is 45.6 Å². The van der Waals surface area contributed by atoms with Gasteiger partial charge in [0, 0.05) is 37.8 Å². The van der Waals surface area contributed by atoms with Gasteiger partial charge in [0.15, 0.2) is 0 Å². The molecule has 2 aliphatic heterocycles. The number of likely N-dealkylation sites (N-methyl/N-ethyl adjacent to an activating group) is 1. The molecule has 2 rings (SSSR count). The minimum absolute atomic E-state index is 0.707. The Hall–Kier alpha value is -0.120. The maximum atomic E-state index is 3.55. The molecule has 2 fully saturated rings. The average molecular weight is 225 g/mol. The first kappa shape index (κ1) is 12.3. The standard InChI is InChI=1S/C13H27N3/c1-4-15-7-8-16(10-12(15)3)13-5-6-14-11(2)9-13/h11-14H,4-10H2,1-3H3. The van der Waals surface area contributed by atoms with Crippen molar-refractivity contribution in [3.8, 4) is 0 Å². The zero-order valence-electron chi connectivity index (χ0n) is 11.1. The quantitative estimate of drug-likeness (QED) is 0.760. The molecule has 0 aliphatic carbocycles. The molecule has 94 valence electrons. The number of piperazine rings is 1. The SMILES string of the molecule is CCN1CCN(C2CCNC(C)C2)CC1C. The summed E-state index contributed by atoms with van der Waals surface area (Å²) in [5, 5.41) is 3.55. The van der Waals surface area contributed by atoms with Crippen molar-refractivity contribution in [3.05, 3.63) is 0 Å². The van der Waals surface area contributed by atoms with Gasteiger partial charge in [-0.25, -0.2) is 0 Å². The van der Waals surface area contributed by atoms with Crippen LogP contribution >= 0.6 is 0 Å². The second-order valence-corrected chi connectivity index (χ2v) is 5.51. The zero-order valence-corrected chi connectivity index (χ0v) is 11.1. The molecule has 0 bridgehead atoms. The Labute approximate surface area is 100 Å². The predicted molar refractivity (Wildman–Crippen MR) is 68.8 cm³/mol. The van der Waals surface area contributed by atoms with E-state index in [0.29, 0.717) is 6.04 Å². The summed E-state index contributed by atoms with van der Waals surface area (Å²) in [7, 11) is 0. The van der Waals surface area contributed by atoms with Crippen LogP contribution in [0.25, 0.3) is 0 Å². The van der Waals surface area contributed by atoms with Gasteiger partial charge in [0.05, 0.1) is 0 Å². The molecule has 0 aromatic carbocycles. The fourth-order valence-electron chi connectivity index (χ4n) is 3.26. The molecular formula is C13H27N3. The van der Waals surface area contributed by atoms with Crippen LogP contribution < -0.4 is 5.32 Å². The number of nitrogens with one attached hydrogen (secondary N) is 1. The minimum Gasteiger partial charge on any atom is -0.314 e. The molecule has 3 nitrogen and oxygen atoms in total. The molecule has 3 unspecified atom stereocenters. The summed E-state index contributed by atoms with van der Waals surface area (Å²) in [6.45, 7) is 13.2. The number of nitrogens with zero attached hydrogens (tertiary/aromatic N) is 2. The van der Waals surface area contributed by atoms with Crippen LogP contribution in [0.2, 0.25) is 0 Å². The lowest BCUT2D eigenvalue weighted by Gasteiger charge is -2.45. The van der Waals surface area contributed by atoms with E-state index < -0.39 is 0 Å². The normalized spacial score (nSPS) is 38.8. The van der Waals surface area contributed by atoms with Crippen molar-refractivity contribution in [1.29, 1.82) is 0 Å². The summed E-state index contributed by atoms with van der Waals surface area (Å²) in [4.78, 5) is 5.33. The number of hydrogen-bond acceptors (Lipinski definition) is 3. The van der Waals surface area contributed by atoms with Gasteiger partial charge in [0.2, 0.25) is 0 Å². The van der Waals surface area contributed by atoms with Crippen LogP contribution in [0, 0.1) is 0 Å². The van der Waals surface area contributed by atoms with Crippen LogP contribution in [0.5, 0.6) is 0 Å². The highest BCUT2D eigenvalue weighted by atomic mass is 15.3. The number of rotatable bonds is 2. The van der Waals surface area contributed by atoms with Gasteiger partial charge in [-0.3, -0.25) is 9.80 Å². The van der Waals surface area contributed by atoms with E-state index >= 15 is 0 Å². The largest absolute Gasteiger partial charge is 0.314 e. The second kappa shape index (κ2) is 5.48. The zero-order chi connectivity index (χ0) is 11.5. The smallest absolute Gasteiger partial charge is 0.0195 e. The minimum atomic E-state index is 0.707. The lowest BCUT2D eigenvalue weighted by Crippen LogP contribution is -2.57. The van der Waals surface area contributed by atoms with Crippen LogP contribution in [0.1, 0.15) is 33.6 Å². The molecule has 2 heterocycles. The molecule has 3 heteroatoms. The summed E-state index contributed by atoms with van der Waals surface area (Å²) in [5.41, 5.74) is 0. The molecule has 2 aliphatic rings. The van der Waals surface area contributed by atoms with Crippen molar-refractivity contribution in [1.82, 2.24) is 15.1 Å². The average Bonchev–Trinajstić information content (AvgIpc) is 2.29. The first-order chi connectivity index (χ1) is 7.70. The van der Waals surface area contributed by atoms with Crippen molar-refractivity contribution >= 4 is 0 Å². The van der Waals surface area contributed by atoms with Crippen LogP contribution in [-0.4, -0.2) is 60.6 Å². The monoisotopic (exact) mass is 225 g/mol. The highest BCUT2D eigenvalue weighted by molar-refractivity contribution is 4.87. The Balaban J connectivity index is 1.86. The topological polar surface area (TPSA) is 18.5 Å². The van der Waals surface area contributed by atoms with Crippen molar-refractivity contribution < 1.29 is 0 Å².